The largest absolute Gasteiger partial charge is 0.497 e. The van der Waals surface area contributed by atoms with Gasteiger partial charge in [-0.05, 0) is 54.5 Å². The fourth-order valence-corrected chi connectivity index (χ4v) is 5.05. The van der Waals surface area contributed by atoms with Crippen molar-refractivity contribution in [2.45, 2.75) is 31.7 Å². The van der Waals surface area contributed by atoms with Crippen LogP contribution in [0, 0.1) is 0 Å². The van der Waals surface area contributed by atoms with Crippen molar-refractivity contribution in [3.63, 3.8) is 0 Å². The maximum absolute atomic E-state index is 13.0. The van der Waals surface area contributed by atoms with Crippen molar-refractivity contribution in [2.24, 2.45) is 0 Å². The molecule has 0 unspecified atom stereocenters. The average Bonchev–Trinajstić information content (AvgIpc) is 3.34. The summed E-state index contributed by atoms with van der Waals surface area (Å²) in [7, 11) is 1.64. The molecular formula is C27H26N2O4. The molecule has 0 aliphatic carbocycles. The van der Waals surface area contributed by atoms with Crippen LogP contribution in [0.15, 0.2) is 60.7 Å². The number of imide groups is 1. The zero-order chi connectivity index (χ0) is 22.9. The molecule has 6 heteroatoms. The SMILES string of the molecule is COc1ccc([C@@H]2CCCN2C(=O)CCCN2C(=O)c3cccc4cccc(c34)C2=O)cc1. The molecule has 1 atom stereocenters. The zero-order valence-electron chi connectivity index (χ0n) is 18.6. The minimum Gasteiger partial charge on any atom is -0.497 e. The van der Waals surface area contributed by atoms with Crippen molar-refractivity contribution < 1.29 is 19.1 Å². The Morgan fingerprint density at radius 1 is 0.970 bits per heavy atom. The zero-order valence-corrected chi connectivity index (χ0v) is 18.6. The summed E-state index contributed by atoms with van der Waals surface area (Å²) in [6.45, 7) is 0.960. The summed E-state index contributed by atoms with van der Waals surface area (Å²) in [6, 6.07) is 18.9. The summed E-state index contributed by atoms with van der Waals surface area (Å²) in [5.41, 5.74) is 2.20. The van der Waals surface area contributed by atoms with Crippen LogP contribution in [0.5, 0.6) is 5.75 Å². The van der Waals surface area contributed by atoms with Gasteiger partial charge < -0.3 is 9.64 Å². The number of methoxy groups -OCH3 is 1. The van der Waals surface area contributed by atoms with E-state index in [1.54, 1.807) is 19.2 Å². The second-order valence-electron chi connectivity index (χ2n) is 8.59. The monoisotopic (exact) mass is 442 g/mol. The summed E-state index contributed by atoms with van der Waals surface area (Å²) in [4.78, 5) is 42.3. The van der Waals surface area contributed by atoms with Crippen LogP contribution >= 0.6 is 0 Å². The lowest BCUT2D eigenvalue weighted by Gasteiger charge is -2.28. The van der Waals surface area contributed by atoms with Gasteiger partial charge in [-0.3, -0.25) is 19.3 Å². The highest BCUT2D eigenvalue weighted by Gasteiger charge is 2.33. The minimum absolute atomic E-state index is 0.0612. The number of rotatable bonds is 6. The Bertz CT molecular complexity index is 1180. The molecule has 0 N–H and O–H groups in total. The molecule has 3 aromatic rings. The van der Waals surface area contributed by atoms with Crippen LogP contribution < -0.4 is 4.74 Å². The van der Waals surface area contributed by atoms with E-state index in [4.69, 9.17) is 4.74 Å². The summed E-state index contributed by atoms with van der Waals surface area (Å²) >= 11 is 0. The number of benzene rings is 3. The molecule has 6 nitrogen and oxygen atoms in total. The molecule has 0 aromatic heterocycles. The predicted molar refractivity (Wildman–Crippen MR) is 125 cm³/mol. The van der Waals surface area contributed by atoms with Crippen molar-refractivity contribution in [1.29, 1.82) is 0 Å². The first-order valence-corrected chi connectivity index (χ1v) is 11.4. The van der Waals surface area contributed by atoms with Gasteiger partial charge in [0.25, 0.3) is 11.8 Å². The van der Waals surface area contributed by atoms with E-state index in [2.05, 4.69) is 0 Å². The molecule has 168 valence electrons. The van der Waals surface area contributed by atoms with Crippen LogP contribution in [0.1, 0.15) is 58.0 Å². The van der Waals surface area contributed by atoms with Gasteiger partial charge in [0.1, 0.15) is 5.75 Å². The van der Waals surface area contributed by atoms with E-state index in [1.807, 2.05) is 53.4 Å². The second-order valence-corrected chi connectivity index (χ2v) is 8.59. The van der Waals surface area contributed by atoms with Crippen molar-refractivity contribution >= 4 is 28.5 Å². The van der Waals surface area contributed by atoms with Gasteiger partial charge in [-0.15, -0.1) is 0 Å². The molecule has 2 aliphatic rings. The van der Waals surface area contributed by atoms with E-state index < -0.39 is 0 Å². The third-order valence-electron chi connectivity index (χ3n) is 6.70. The summed E-state index contributed by atoms with van der Waals surface area (Å²) < 4.78 is 5.23. The van der Waals surface area contributed by atoms with Crippen LogP contribution in [0.2, 0.25) is 0 Å². The Morgan fingerprint density at radius 3 is 2.27 bits per heavy atom. The lowest BCUT2D eigenvalue weighted by Crippen LogP contribution is -2.41. The number of carbonyl (C=O) groups excluding carboxylic acids is 3. The lowest BCUT2D eigenvalue weighted by molar-refractivity contribution is -0.132. The number of carbonyl (C=O) groups is 3. The molecule has 33 heavy (non-hydrogen) atoms. The van der Waals surface area contributed by atoms with Crippen LogP contribution in [-0.2, 0) is 4.79 Å². The number of hydrogen-bond donors (Lipinski definition) is 0. The van der Waals surface area contributed by atoms with Crippen LogP contribution in [0.25, 0.3) is 10.8 Å². The predicted octanol–water partition coefficient (Wildman–Crippen LogP) is 4.59. The standard InChI is InChI=1S/C27H26N2O4/c1-33-20-14-12-18(13-15-20)23-10-4-16-28(23)24(30)11-5-17-29-26(31)21-8-2-6-19-7-3-9-22(25(19)21)27(29)32/h2-3,6-9,12-15,23H,4-5,10-11,16-17H2,1H3/t23-/m0/s1. The molecule has 1 saturated heterocycles. The number of hydrogen-bond acceptors (Lipinski definition) is 4. The Morgan fingerprint density at radius 2 is 1.64 bits per heavy atom. The highest BCUT2D eigenvalue weighted by molar-refractivity contribution is 6.25. The Balaban J connectivity index is 1.25. The summed E-state index contributed by atoms with van der Waals surface area (Å²) in [5, 5.41) is 1.61. The molecule has 0 spiro atoms. The van der Waals surface area contributed by atoms with Gasteiger partial charge in [0.05, 0.1) is 13.2 Å². The van der Waals surface area contributed by atoms with Gasteiger partial charge in [-0.1, -0.05) is 36.4 Å². The van der Waals surface area contributed by atoms with Crippen LogP contribution in [-0.4, -0.2) is 47.7 Å². The Labute approximate surface area is 192 Å². The van der Waals surface area contributed by atoms with E-state index in [1.165, 1.54) is 4.90 Å². The van der Waals surface area contributed by atoms with Gasteiger partial charge in [-0.25, -0.2) is 0 Å². The van der Waals surface area contributed by atoms with Gasteiger partial charge in [0.15, 0.2) is 0 Å². The maximum atomic E-state index is 13.0. The van der Waals surface area contributed by atoms with Gasteiger partial charge >= 0.3 is 0 Å². The van der Waals surface area contributed by atoms with Crippen LogP contribution in [0.4, 0.5) is 0 Å². The van der Waals surface area contributed by atoms with Crippen LogP contribution in [0.3, 0.4) is 0 Å². The number of amides is 3. The first-order valence-electron chi connectivity index (χ1n) is 11.4. The topological polar surface area (TPSA) is 66.9 Å². The quantitative estimate of drug-likeness (QED) is 0.524. The molecule has 2 aliphatic heterocycles. The Kier molecular flexibility index (Phi) is 5.58. The highest BCUT2D eigenvalue weighted by atomic mass is 16.5. The first kappa shape index (κ1) is 21.2. The fraction of sp³-hybridized carbons (Fsp3) is 0.296. The minimum atomic E-state index is -0.283. The highest BCUT2D eigenvalue weighted by Crippen LogP contribution is 2.34. The Hall–Kier alpha value is -3.67. The molecule has 0 saturated carbocycles. The third-order valence-corrected chi connectivity index (χ3v) is 6.70. The van der Waals surface area contributed by atoms with E-state index in [-0.39, 0.29) is 30.3 Å². The molecular weight excluding hydrogens is 416 g/mol. The normalized spacial score (nSPS) is 17.7. The number of likely N-dealkylation sites (tertiary alicyclic amines) is 1. The second kappa shape index (κ2) is 8.70. The lowest BCUT2D eigenvalue weighted by atomic mass is 9.94. The summed E-state index contributed by atoms with van der Waals surface area (Å²) in [6.07, 6.45) is 2.64. The van der Waals surface area contributed by atoms with E-state index in [9.17, 15) is 14.4 Å². The van der Waals surface area contributed by atoms with E-state index >= 15 is 0 Å². The molecule has 1 fully saturated rings. The maximum Gasteiger partial charge on any atom is 0.261 e. The number of ether oxygens (including phenoxy) is 1. The molecule has 3 aromatic carbocycles. The first-order chi connectivity index (χ1) is 16.1. The average molecular weight is 443 g/mol. The molecule has 0 bridgehead atoms. The van der Waals surface area contributed by atoms with E-state index in [0.29, 0.717) is 24.0 Å². The fourth-order valence-electron chi connectivity index (χ4n) is 5.05. The van der Waals surface area contributed by atoms with Crippen molar-refractivity contribution in [2.75, 3.05) is 20.2 Å². The number of nitrogens with zero attached hydrogens (tertiary/aromatic N) is 2. The molecule has 5 rings (SSSR count). The molecule has 2 heterocycles. The van der Waals surface area contributed by atoms with Crippen molar-refractivity contribution in [1.82, 2.24) is 9.80 Å². The summed E-state index contributed by atoms with van der Waals surface area (Å²) in [5.74, 6) is 0.290. The van der Waals surface area contributed by atoms with Crippen molar-refractivity contribution in [3.8, 4) is 5.75 Å². The van der Waals surface area contributed by atoms with Crippen molar-refractivity contribution in [3.05, 3.63) is 77.4 Å². The molecule has 0 radical (unpaired) electrons. The smallest absolute Gasteiger partial charge is 0.261 e. The molecule has 3 amide bonds. The van der Waals surface area contributed by atoms with Gasteiger partial charge in [0.2, 0.25) is 5.91 Å². The van der Waals surface area contributed by atoms with E-state index in [0.717, 1.165) is 41.5 Å². The third kappa shape index (κ3) is 3.75. The van der Waals surface area contributed by atoms with Gasteiger partial charge in [0, 0.05) is 36.0 Å². The van der Waals surface area contributed by atoms with Gasteiger partial charge in [-0.2, -0.15) is 0 Å².